The second kappa shape index (κ2) is 9.14. The zero-order valence-electron chi connectivity index (χ0n) is 18.1. The van der Waals surface area contributed by atoms with Gasteiger partial charge < -0.3 is 9.64 Å². The Kier molecular flexibility index (Phi) is 6.32. The number of hydrogen-bond acceptors (Lipinski definition) is 5. The minimum atomic E-state index is -0.158. The van der Waals surface area contributed by atoms with Crippen LogP contribution < -0.4 is 10.3 Å². The maximum Gasteiger partial charge on any atom is 0.266 e. The molecular formula is C24H27N3O3S. The van der Waals surface area contributed by atoms with Crippen molar-refractivity contribution in [1.82, 2.24) is 14.5 Å². The molecule has 3 aromatic rings. The molecule has 2 aromatic carbocycles. The van der Waals surface area contributed by atoms with Gasteiger partial charge in [0.25, 0.3) is 5.56 Å². The molecule has 2 atom stereocenters. The molecule has 0 bridgehead atoms. The highest BCUT2D eigenvalue weighted by molar-refractivity contribution is 7.99. The lowest BCUT2D eigenvalue weighted by Gasteiger charge is -2.35. The molecule has 1 fully saturated rings. The van der Waals surface area contributed by atoms with Gasteiger partial charge in [0, 0.05) is 19.2 Å². The average molecular weight is 438 g/mol. The zero-order valence-corrected chi connectivity index (χ0v) is 18.9. The Morgan fingerprint density at radius 1 is 1.13 bits per heavy atom. The van der Waals surface area contributed by atoms with Crippen LogP contribution in [0, 0.1) is 11.8 Å². The van der Waals surface area contributed by atoms with Crippen LogP contribution in [-0.4, -0.2) is 46.3 Å². The standard InChI is InChI=1S/C24H27N3O3S/c1-16-11-17(2)14-26(13-16)22(28)15-31-24-25-21-10-5-4-9-20(21)23(29)27(24)18-7-6-8-19(12-18)30-3/h4-10,12,16-17H,11,13-15H2,1-3H3/t16-,17+. The highest BCUT2D eigenvalue weighted by atomic mass is 32.2. The molecule has 31 heavy (non-hydrogen) atoms. The number of amides is 1. The molecule has 2 heterocycles. The lowest BCUT2D eigenvalue weighted by Crippen LogP contribution is -2.43. The molecular weight excluding hydrogens is 410 g/mol. The predicted molar refractivity (Wildman–Crippen MR) is 124 cm³/mol. The van der Waals surface area contributed by atoms with E-state index in [4.69, 9.17) is 9.72 Å². The van der Waals surface area contributed by atoms with Gasteiger partial charge in [0.15, 0.2) is 5.16 Å². The second-order valence-electron chi connectivity index (χ2n) is 8.29. The van der Waals surface area contributed by atoms with E-state index in [-0.39, 0.29) is 17.2 Å². The molecule has 162 valence electrons. The first-order chi connectivity index (χ1) is 15.0. The Bertz CT molecular complexity index is 1150. The van der Waals surface area contributed by atoms with Gasteiger partial charge in [-0.15, -0.1) is 0 Å². The predicted octanol–water partition coefficient (Wildman–Crippen LogP) is 3.99. The van der Waals surface area contributed by atoms with Crippen LogP contribution in [0.25, 0.3) is 16.6 Å². The lowest BCUT2D eigenvalue weighted by molar-refractivity contribution is -0.130. The van der Waals surface area contributed by atoms with Crippen molar-refractivity contribution in [2.75, 3.05) is 26.0 Å². The third kappa shape index (κ3) is 4.61. The van der Waals surface area contributed by atoms with Crippen molar-refractivity contribution in [3.05, 3.63) is 58.9 Å². The summed E-state index contributed by atoms with van der Waals surface area (Å²) in [5, 5.41) is 1.04. The number of para-hydroxylation sites is 1. The van der Waals surface area contributed by atoms with Gasteiger partial charge in [-0.1, -0.05) is 43.8 Å². The van der Waals surface area contributed by atoms with Gasteiger partial charge in [-0.05, 0) is 42.5 Å². The first-order valence-corrected chi connectivity index (χ1v) is 11.5. The smallest absolute Gasteiger partial charge is 0.266 e. The molecule has 7 heteroatoms. The summed E-state index contributed by atoms with van der Waals surface area (Å²) in [6, 6.07) is 14.6. The number of carbonyl (C=O) groups excluding carboxylic acids is 1. The fourth-order valence-electron chi connectivity index (χ4n) is 4.27. The van der Waals surface area contributed by atoms with E-state index >= 15 is 0 Å². The van der Waals surface area contributed by atoms with Crippen LogP contribution in [0.1, 0.15) is 20.3 Å². The first-order valence-electron chi connectivity index (χ1n) is 10.5. The number of rotatable bonds is 5. The van der Waals surface area contributed by atoms with Crippen molar-refractivity contribution >= 4 is 28.6 Å². The summed E-state index contributed by atoms with van der Waals surface area (Å²) < 4.78 is 6.91. The number of piperidine rings is 1. The molecule has 4 rings (SSSR count). The van der Waals surface area contributed by atoms with Crippen molar-refractivity contribution in [3.8, 4) is 11.4 Å². The summed E-state index contributed by atoms with van der Waals surface area (Å²) >= 11 is 1.31. The Morgan fingerprint density at radius 2 is 1.87 bits per heavy atom. The van der Waals surface area contributed by atoms with Crippen LogP contribution in [0.3, 0.4) is 0 Å². The van der Waals surface area contributed by atoms with Gasteiger partial charge in [-0.3, -0.25) is 14.2 Å². The Morgan fingerprint density at radius 3 is 2.61 bits per heavy atom. The monoisotopic (exact) mass is 437 g/mol. The largest absolute Gasteiger partial charge is 0.497 e. The fraction of sp³-hybridized carbons (Fsp3) is 0.375. The number of hydrogen-bond donors (Lipinski definition) is 0. The lowest BCUT2D eigenvalue weighted by atomic mass is 9.92. The third-order valence-corrected chi connectivity index (χ3v) is 6.53. The van der Waals surface area contributed by atoms with Gasteiger partial charge in [0.2, 0.25) is 5.91 Å². The highest BCUT2D eigenvalue weighted by Crippen LogP contribution is 2.26. The number of methoxy groups -OCH3 is 1. The van der Waals surface area contributed by atoms with E-state index < -0.39 is 0 Å². The molecule has 1 saturated heterocycles. The molecule has 0 spiro atoms. The van der Waals surface area contributed by atoms with Crippen LogP contribution in [-0.2, 0) is 4.79 Å². The summed E-state index contributed by atoms with van der Waals surface area (Å²) in [5.41, 5.74) is 1.13. The Labute approximate surface area is 186 Å². The number of aromatic nitrogens is 2. The maximum absolute atomic E-state index is 13.4. The normalized spacial score (nSPS) is 18.9. The highest BCUT2D eigenvalue weighted by Gasteiger charge is 2.26. The molecule has 1 aliphatic heterocycles. The minimum absolute atomic E-state index is 0.0861. The van der Waals surface area contributed by atoms with Crippen molar-refractivity contribution in [1.29, 1.82) is 0 Å². The quantitative estimate of drug-likeness (QED) is 0.446. The van der Waals surface area contributed by atoms with Gasteiger partial charge in [0.05, 0.1) is 29.5 Å². The Hall–Kier alpha value is -2.80. The van der Waals surface area contributed by atoms with Crippen LogP contribution in [0.2, 0.25) is 0 Å². The van der Waals surface area contributed by atoms with Gasteiger partial charge >= 0.3 is 0 Å². The summed E-state index contributed by atoms with van der Waals surface area (Å²) in [6.07, 6.45) is 1.15. The average Bonchev–Trinajstić information content (AvgIpc) is 2.77. The number of carbonyl (C=O) groups is 1. The maximum atomic E-state index is 13.4. The zero-order chi connectivity index (χ0) is 22.0. The van der Waals surface area contributed by atoms with Gasteiger partial charge in [0.1, 0.15) is 5.75 Å². The second-order valence-corrected chi connectivity index (χ2v) is 9.23. The van der Waals surface area contributed by atoms with Crippen molar-refractivity contribution in [3.63, 3.8) is 0 Å². The molecule has 0 radical (unpaired) electrons. The van der Waals surface area contributed by atoms with Crippen LogP contribution in [0.4, 0.5) is 0 Å². The Balaban J connectivity index is 1.69. The van der Waals surface area contributed by atoms with Gasteiger partial charge in [-0.2, -0.15) is 0 Å². The van der Waals surface area contributed by atoms with E-state index in [0.29, 0.717) is 39.3 Å². The summed E-state index contributed by atoms with van der Waals surface area (Å²) in [5.74, 6) is 2.00. The van der Waals surface area contributed by atoms with E-state index in [1.807, 2.05) is 41.3 Å². The molecule has 0 unspecified atom stereocenters. The van der Waals surface area contributed by atoms with E-state index in [1.165, 1.54) is 11.8 Å². The van der Waals surface area contributed by atoms with E-state index in [2.05, 4.69) is 13.8 Å². The topological polar surface area (TPSA) is 64.4 Å². The third-order valence-electron chi connectivity index (χ3n) is 5.60. The van der Waals surface area contributed by atoms with Crippen molar-refractivity contribution in [2.45, 2.75) is 25.4 Å². The van der Waals surface area contributed by atoms with E-state index in [0.717, 1.165) is 19.5 Å². The molecule has 0 aliphatic carbocycles. The summed E-state index contributed by atoms with van der Waals surface area (Å²) in [6.45, 7) is 5.96. The molecule has 0 saturated carbocycles. The number of likely N-dealkylation sites (tertiary alicyclic amines) is 1. The molecule has 0 N–H and O–H groups in total. The molecule has 1 amide bonds. The van der Waals surface area contributed by atoms with E-state index in [9.17, 15) is 9.59 Å². The summed E-state index contributed by atoms with van der Waals surface area (Å²) in [7, 11) is 1.59. The van der Waals surface area contributed by atoms with Crippen LogP contribution >= 0.6 is 11.8 Å². The van der Waals surface area contributed by atoms with Crippen LogP contribution in [0.15, 0.2) is 58.5 Å². The van der Waals surface area contributed by atoms with Crippen LogP contribution in [0.5, 0.6) is 5.75 Å². The fourth-order valence-corrected chi connectivity index (χ4v) is 5.19. The van der Waals surface area contributed by atoms with Gasteiger partial charge in [-0.25, -0.2) is 4.98 Å². The molecule has 1 aliphatic rings. The first kappa shape index (κ1) is 21.4. The number of ether oxygens (including phenoxy) is 1. The number of benzene rings is 2. The SMILES string of the molecule is COc1cccc(-n2c(SCC(=O)N3C[C@H](C)C[C@H](C)C3)nc3ccccc3c2=O)c1. The number of nitrogens with zero attached hydrogens (tertiary/aromatic N) is 3. The minimum Gasteiger partial charge on any atom is -0.497 e. The van der Waals surface area contributed by atoms with Crippen molar-refractivity contribution in [2.24, 2.45) is 11.8 Å². The number of fused-ring (bicyclic) bond motifs is 1. The van der Waals surface area contributed by atoms with E-state index in [1.54, 1.807) is 23.8 Å². The number of thioether (sulfide) groups is 1. The molecule has 1 aromatic heterocycles. The van der Waals surface area contributed by atoms with Crippen molar-refractivity contribution < 1.29 is 9.53 Å². The molecule has 6 nitrogen and oxygen atoms in total. The summed E-state index contributed by atoms with van der Waals surface area (Å²) in [4.78, 5) is 33.0.